The third kappa shape index (κ3) is 5.08. The maximum Gasteiger partial charge on any atom is 0.197 e. The zero-order valence-electron chi connectivity index (χ0n) is 19.6. The first-order valence-electron chi connectivity index (χ1n) is 12.5. The van der Waals surface area contributed by atoms with Crippen molar-refractivity contribution in [3.05, 3.63) is 29.5 Å². The van der Waals surface area contributed by atoms with Crippen molar-refractivity contribution in [2.45, 2.75) is 97.5 Å². The Labute approximate surface area is 187 Å². The van der Waals surface area contributed by atoms with Gasteiger partial charge in [-0.3, -0.25) is 0 Å². The molecule has 5 heteroatoms. The van der Waals surface area contributed by atoms with E-state index in [1.165, 1.54) is 38.5 Å². The van der Waals surface area contributed by atoms with E-state index in [4.69, 9.17) is 9.25 Å². The number of hydrogen-bond acceptors (Lipinski definition) is 5. The molecular weight excluding hydrogens is 388 g/mol. The Morgan fingerprint density at radius 1 is 1.35 bits per heavy atom. The number of fused-ring (bicyclic) bond motifs is 3. The molecule has 3 aliphatic rings. The summed E-state index contributed by atoms with van der Waals surface area (Å²) in [5, 5.41) is 15.0. The minimum absolute atomic E-state index is 0.0828. The van der Waals surface area contributed by atoms with E-state index in [2.05, 4.69) is 30.1 Å². The van der Waals surface area contributed by atoms with E-state index in [-0.39, 0.29) is 11.5 Å². The molecule has 1 N–H and O–H groups in total. The predicted octanol–water partition coefficient (Wildman–Crippen LogP) is 6.00. The topological polar surface area (TPSA) is 67.9 Å². The van der Waals surface area contributed by atoms with Gasteiger partial charge in [0.25, 0.3) is 0 Å². The van der Waals surface area contributed by atoms with Gasteiger partial charge in [0.05, 0.1) is 24.4 Å². The number of allylic oxidation sites excluding steroid dienone is 2. The van der Waals surface area contributed by atoms with E-state index in [1.54, 1.807) is 11.8 Å². The normalized spacial score (nSPS) is 34.6. The molecule has 172 valence electrons. The maximum absolute atomic E-state index is 10.6. The Morgan fingerprint density at radius 2 is 2.23 bits per heavy atom. The molecule has 5 unspecified atom stereocenters. The highest BCUT2D eigenvalue weighted by Gasteiger charge is 2.53. The van der Waals surface area contributed by atoms with Crippen molar-refractivity contribution in [2.75, 3.05) is 6.61 Å². The molecule has 0 spiro atoms. The zero-order valence-corrected chi connectivity index (χ0v) is 19.6. The monoisotopic (exact) mass is 428 g/mol. The molecule has 3 saturated carbocycles. The van der Waals surface area contributed by atoms with Crippen LogP contribution in [0.4, 0.5) is 0 Å². The van der Waals surface area contributed by atoms with Crippen LogP contribution in [0.25, 0.3) is 0 Å². The standard InChI is InChI=1S/C26H40N2O3/c1-4-5-6-21(28-30-14-12-25-27-17-18(2)31-25)16-19-7-8-22-20(15-19)11-13-26(3)23(22)9-10-24(26)29/h16-17,20,22-24,29H,4-15H2,1-3H3. The summed E-state index contributed by atoms with van der Waals surface area (Å²) in [6.45, 7) is 6.97. The van der Waals surface area contributed by atoms with Gasteiger partial charge in [0.2, 0.25) is 0 Å². The highest BCUT2D eigenvalue weighted by molar-refractivity contribution is 5.95. The molecule has 0 bridgehead atoms. The molecule has 1 aromatic rings. The lowest BCUT2D eigenvalue weighted by atomic mass is 9.56. The van der Waals surface area contributed by atoms with Crippen LogP contribution >= 0.6 is 0 Å². The quantitative estimate of drug-likeness (QED) is 0.313. The van der Waals surface area contributed by atoms with Crippen LogP contribution in [0.5, 0.6) is 0 Å². The smallest absolute Gasteiger partial charge is 0.197 e. The fraction of sp³-hybridized carbons (Fsp3) is 0.769. The largest absolute Gasteiger partial charge is 0.446 e. The van der Waals surface area contributed by atoms with Gasteiger partial charge in [-0.05, 0) is 94.0 Å². The minimum atomic E-state index is -0.0828. The number of aryl methyl sites for hydroxylation is 1. The van der Waals surface area contributed by atoms with Crippen molar-refractivity contribution < 1.29 is 14.4 Å². The highest BCUT2D eigenvalue weighted by atomic mass is 16.6. The number of unbranched alkanes of at least 4 members (excludes halogenated alkanes) is 1. The molecule has 1 heterocycles. The molecule has 5 atom stereocenters. The van der Waals surface area contributed by atoms with E-state index in [1.807, 2.05) is 6.92 Å². The summed E-state index contributed by atoms with van der Waals surface area (Å²) < 4.78 is 5.50. The van der Waals surface area contributed by atoms with Crippen LogP contribution in [0, 0.1) is 30.1 Å². The average molecular weight is 429 g/mol. The SMILES string of the molecule is CCCCC(C=C1CCC2C(CCC3(C)C(O)CCC23)C1)=NOCCc1ncc(C)o1. The molecule has 0 aliphatic heterocycles. The van der Waals surface area contributed by atoms with Crippen molar-refractivity contribution in [2.24, 2.45) is 28.3 Å². The number of oxazole rings is 1. The van der Waals surface area contributed by atoms with Crippen LogP contribution in [0.15, 0.2) is 27.4 Å². The third-order valence-corrected chi connectivity index (χ3v) is 8.27. The van der Waals surface area contributed by atoms with Crippen LogP contribution < -0.4 is 0 Å². The number of aliphatic hydroxyl groups is 1. The van der Waals surface area contributed by atoms with E-state index < -0.39 is 0 Å². The second-order valence-corrected chi connectivity index (χ2v) is 10.3. The van der Waals surface area contributed by atoms with Gasteiger partial charge in [0.15, 0.2) is 5.89 Å². The molecular formula is C26H40N2O3. The fourth-order valence-electron chi connectivity index (χ4n) is 6.47. The number of nitrogens with zero attached hydrogens (tertiary/aromatic N) is 2. The van der Waals surface area contributed by atoms with Crippen LogP contribution in [0.2, 0.25) is 0 Å². The molecule has 1 aromatic heterocycles. The van der Waals surface area contributed by atoms with E-state index in [0.717, 1.165) is 54.9 Å². The summed E-state index contributed by atoms with van der Waals surface area (Å²) in [5.41, 5.74) is 2.80. The van der Waals surface area contributed by atoms with Crippen LogP contribution in [-0.2, 0) is 11.3 Å². The molecule has 31 heavy (non-hydrogen) atoms. The first-order valence-corrected chi connectivity index (χ1v) is 12.5. The number of rotatable bonds is 8. The average Bonchev–Trinajstić information content (AvgIpc) is 3.31. The van der Waals surface area contributed by atoms with Gasteiger partial charge in [0.1, 0.15) is 12.4 Å². The number of oxime groups is 1. The summed E-state index contributed by atoms with van der Waals surface area (Å²) in [4.78, 5) is 9.88. The number of aliphatic hydroxyl groups excluding tert-OH is 1. The predicted molar refractivity (Wildman–Crippen MR) is 123 cm³/mol. The van der Waals surface area contributed by atoms with E-state index in [0.29, 0.717) is 18.9 Å². The lowest BCUT2D eigenvalue weighted by molar-refractivity contribution is -0.0395. The summed E-state index contributed by atoms with van der Waals surface area (Å²) in [6.07, 6.45) is 16.2. The van der Waals surface area contributed by atoms with Gasteiger partial charge in [0, 0.05) is 0 Å². The van der Waals surface area contributed by atoms with Crippen molar-refractivity contribution in [3.63, 3.8) is 0 Å². The fourth-order valence-corrected chi connectivity index (χ4v) is 6.47. The summed E-state index contributed by atoms with van der Waals surface area (Å²) in [6, 6.07) is 0. The van der Waals surface area contributed by atoms with Gasteiger partial charge in [-0.25, -0.2) is 4.98 Å². The van der Waals surface area contributed by atoms with Gasteiger partial charge >= 0.3 is 0 Å². The van der Waals surface area contributed by atoms with Crippen LogP contribution in [-0.4, -0.2) is 28.5 Å². The van der Waals surface area contributed by atoms with Crippen molar-refractivity contribution in [1.82, 2.24) is 4.98 Å². The van der Waals surface area contributed by atoms with Crippen LogP contribution in [0.3, 0.4) is 0 Å². The van der Waals surface area contributed by atoms with Gasteiger partial charge < -0.3 is 14.4 Å². The molecule has 3 fully saturated rings. The van der Waals surface area contributed by atoms with Gasteiger partial charge in [-0.1, -0.05) is 31.0 Å². The molecule has 0 saturated heterocycles. The van der Waals surface area contributed by atoms with Crippen LogP contribution in [0.1, 0.15) is 89.7 Å². The lowest BCUT2D eigenvalue weighted by Gasteiger charge is -2.50. The Balaban J connectivity index is 1.36. The maximum atomic E-state index is 10.6. The van der Waals surface area contributed by atoms with Gasteiger partial charge in [-0.15, -0.1) is 0 Å². The Kier molecular flexibility index (Phi) is 7.20. The summed E-state index contributed by atoms with van der Waals surface area (Å²) in [5.74, 6) is 3.84. The second-order valence-electron chi connectivity index (χ2n) is 10.3. The van der Waals surface area contributed by atoms with Crippen molar-refractivity contribution in [3.8, 4) is 0 Å². The first kappa shape index (κ1) is 22.6. The number of hydrogen-bond donors (Lipinski definition) is 1. The van der Waals surface area contributed by atoms with Gasteiger partial charge in [-0.2, -0.15) is 0 Å². The zero-order chi connectivity index (χ0) is 21.8. The molecule has 4 rings (SSSR count). The van der Waals surface area contributed by atoms with E-state index >= 15 is 0 Å². The molecule has 0 amide bonds. The highest BCUT2D eigenvalue weighted by Crippen LogP contribution is 2.59. The molecule has 0 aromatic carbocycles. The summed E-state index contributed by atoms with van der Waals surface area (Å²) in [7, 11) is 0. The second kappa shape index (κ2) is 9.89. The lowest BCUT2D eigenvalue weighted by Crippen LogP contribution is -2.44. The molecule has 5 nitrogen and oxygen atoms in total. The van der Waals surface area contributed by atoms with Crippen molar-refractivity contribution >= 4 is 5.71 Å². The minimum Gasteiger partial charge on any atom is -0.446 e. The third-order valence-electron chi connectivity index (χ3n) is 8.27. The first-order chi connectivity index (χ1) is 15.0. The van der Waals surface area contributed by atoms with Crippen molar-refractivity contribution in [1.29, 1.82) is 0 Å². The Morgan fingerprint density at radius 3 is 3.00 bits per heavy atom. The van der Waals surface area contributed by atoms with E-state index in [9.17, 15) is 5.11 Å². The molecule has 3 aliphatic carbocycles. The Bertz CT molecular complexity index is 798. The number of aromatic nitrogens is 1. The molecule has 0 radical (unpaired) electrons. The summed E-state index contributed by atoms with van der Waals surface area (Å²) >= 11 is 0. The Hall–Kier alpha value is -1.62.